The van der Waals surface area contributed by atoms with E-state index in [4.69, 9.17) is 23.7 Å². The van der Waals surface area contributed by atoms with E-state index in [0.717, 1.165) is 12.8 Å². The molecular formula is C19H34O8. The Morgan fingerprint density at radius 1 is 1.15 bits per heavy atom. The number of esters is 1. The zero-order chi connectivity index (χ0) is 20.4. The second-order valence-electron chi connectivity index (χ2n) is 8.73. The van der Waals surface area contributed by atoms with Crippen LogP contribution in [-0.4, -0.2) is 84.3 Å². The third-order valence-corrected chi connectivity index (χ3v) is 4.96. The molecule has 0 aromatic carbocycles. The van der Waals surface area contributed by atoms with Gasteiger partial charge in [-0.3, -0.25) is 0 Å². The molecule has 0 spiro atoms. The maximum absolute atomic E-state index is 12.7. The average Bonchev–Trinajstić information content (AvgIpc) is 3.09. The van der Waals surface area contributed by atoms with E-state index >= 15 is 0 Å². The maximum atomic E-state index is 12.7. The summed E-state index contributed by atoms with van der Waals surface area (Å²) >= 11 is 0. The van der Waals surface area contributed by atoms with E-state index in [0.29, 0.717) is 6.61 Å². The van der Waals surface area contributed by atoms with Crippen molar-refractivity contribution in [1.82, 2.24) is 0 Å². The fraction of sp³-hybridized carbons (Fsp3) is 0.947. The highest BCUT2D eigenvalue weighted by Crippen LogP contribution is 2.33. The molecule has 2 unspecified atom stereocenters. The van der Waals surface area contributed by atoms with Crippen LogP contribution in [0.15, 0.2) is 0 Å². The van der Waals surface area contributed by atoms with Gasteiger partial charge in [-0.05, 0) is 47.5 Å². The molecular weight excluding hydrogens is 356 g/mol. The predicted octanol–water partition coefficient (Wildman–Crippen LogP) is 0.806. The number of hydrogen-bond donors (Lipinski definition) is 2. The first-order chi connectivity index (χ1) is 12.5. The Kier molecular flexibility index (Phi) is 7.27. The van der Waals surface area contributed by atoms with Crippen molar-refractivity contribution in [3.63, 3.8) is 0 Å². The Morgan fingerprint density at radius 2 is 1.81 bits per heavy atom. The summed E-state index contributed by atoms with van der Waals surface area (Å²) in [5.74, 6) is -0.650. The fourth-order valence-electron chi connectivity index (χ4n) is 3.32. The molecule has 0 radical (unpaired) electrons. The average molecular weight is 390 g/mol. The molecule has 0 aromatic heterocycles. The monoisotopic (exact) mass is 390 g/mol. The molecule has 0 saturated carbocycles. The molecule has 158 valence electrons. The van der Waals surface area contributed by atoms with Gasteiger partial charge in [-0.1, -0.05) is 0 Å². The summed E-state index contributed by atoms with van der Waals surface area (Å²) in [6.45, 7) is 9.61. The van der Waals surface area contributed by atoms with Gasteiger partial charge in [-0.15, -0.1) is 0 Å². The molecule has 2 saturated heterocycles. The van der Waals surface area contributed by atoms with Gasteiger partial charge in [0.2, 0.25) is 0 Å². The van der Waals surface area contributed by atoms with Crippen molar-refractivity contribution in [3.05, 3.63) is 0 Å². The van der Waals surface area contributed by atoms with Crippen LogP contribution in [0.3, 0.4) is 0 Å². The molecule has 8 heteroatoms. The van der Waals surface area contributed by atoms with Crippen molar-refractivity contribution in [1.29, 1.82) is 0 Å². The van der Waals surface area contributed by atoms with E-state index in [2.05, 4.69) is 0 Å². The second kappa shape index (κ2) is 8.71. The van der Waals surface area contributed by atoms with Crippen LogP contribution in [0.4, 0.5) is 0 Å². The molecule has 0 aromatic rings. The number of methoxy groups -OCH3 is 1. The number of carbonyl (C=O) groups excluding carboxylic acids is 1. The minimum Gasteiger partial charge on any atom is -0.461 e. The quantitative estimate of drug-likeness (QED) is 0.642. The van der Waals surface area contributed by atoms with E-state index in [1.54, 1.807) is 34.6 Å². The second-order valence-corrected chi connectivity index (χ2v) is 8.73. The number of rotatable bonds is 6. The molecule has 0 amide bonds. The van der Waals surface area contributed by atoms with Gasteiger partial charge in [0.25, 0.3) is 0 Å². The van der Waals surface area contributed by atoms with Crippen LogP contribution in [0, 0.1) is 0 Å². The third-order valence-electron chi connectivity index (χ3n) is 4.96. The lowest BCUT2D eigenvalue weighted by atomic mass is 9.86. The first kappa shape index (κ1) is 22.5. The zero-order valence-corrected chi connectivity index (χ0v) is 17.1. The summed E-state index contributed by atoms with van der Waals surface area (Å²) in [7, 11) is 1.48. The smallest absolute Gasteiger partial charge is 0.338 e. The van der Waals surface area contributed by atoms with Crippen LogP contribution in [0.5, 0.6) is 0 Å². The van der Waals surface area contributed by atoms with Gasteiger partial charge < -0.3 is 33.9 Å². The Hall–Kier alpha value is -0.770. The van der Waals surface area contributed by atoms with E-state index in [1.807, 2.05) is 0 Å². The molecule has 2 rings (SSSR count). The minimum atomic E-state index is -1.34. The van der Waals surface area contributed by atoms with Crippen LogP contribution in [0.2, 0.25) is 0 Å². The van der Waals surface area contributed by atoms with Gasteiger partial charge in [0, 0.05) is 13.7 Å². The Labute approximate surface area is 161 Å². The number of hydrogen-bond acceptors (Lipinski definition) is 8. The molecule has 2 aliphatic rings. The molecule has 0 aliphatic carbocycles. The van der Waals surface area contributed by atoms with E-state index in [1.165, 1.54) is 7.11 Å². The predicted molar refractivity (Wildman–Crippen MR) is 96.3 cm³/mol. The van der Waals surface area contributed by atoms with Crippen LogP contribution < -0.4 is 0 Å². The fourth-order valence-corrected chi connectivity index (χ4v) is 3.32. The zero-order valence-electron chi connectivity index (χ0n) is 17.1. The van der Waals surface area contributed by atoms with Crippen molar-refractivity contribution < 1.29 is 38.7 Å². The SMILES string of the molecule is COC(C)(C)[C@@H]1OC(C(=O)OCC2CCCO2)[C@@H](OC(C)(C)C)[C@H](O)[C@@H]1O. The van der Waals surface area contributed by atoms with Gasteiger partial charge in [0.1, 0.15) is 31.0 Å². The van der Waals surface area contributed by atoms with E-state index < -0.39 is 47.7 Å². The molecule has 2 heterocycles. The molecule has 2 aliphatic heterocycles. The standard InChI is InChI=1S/C19H34O8/c1-18(2,3)27-14-12(20)13(21)16(19(4,5)23-6)26-15(14)17(22)25-10-11-8-7-9-24-11/h11-16,20-21H,7-10H2,1-6H3/t11?,12-,13+,14+,15?,16-/m1/s1. The first-order valence-corrected chi connectivity index (χ1v) is 9.49. The maximum Gasteiger partial charge on any atom is 0.338 e. The number of ether oxygens (including phenoxy) is 5. The largest absolute Gasteiger partial charge is 0.461 e. The van der Waals surface area contributed by atoms with Gasteiger partial charge in [0.15, 0.2) is 6.10 Å². The minimum absolute atomic E-state index is 0.123. The summed E-state index contributed by atoms with van der Waals surface area (Å²) < 4.78 is 28.0. The first-order valence-electron chi connectivity index (χ1n) is 9.49. The van der Waals surface area contributed by atoms with Gasteiger partial charge >= 0.3 is 5.97 Å². The lowest BCUT2D eigenvalue weighted by molar-refractivity contribution is -0.284. The van der Waals surface area contributed by atoms with Gasteiger partial charge in [-0.25, -0.2) is 4.79 Å². The summed E-state index contributed by atoms with van der Waals surface area (Å²) in [5.41, 5.74) is -1.59. The third kappa shape index (κ3) is 5.62. The van der Waals surface area contributed by atoms with Crippen molar-refractivity contribution >= 4 is 5.97 Å². The lowest BCUT2D eigenvalue weighted by Crippen LogP contribution is -2.66. The molecule has 0 bridgehead atoms. The Bertz CT molecular complexity index is 494. The van der Waals surface area contributed by atoms with E-state index in [9.17, 15) is 15.0 Å². The van der Waals surface area contributed by atoms with Crippen molar-refractivity contribution in [2.24, 2.45) is 0 Å². The molecule has 2 fully saturated rings. The number of aliphatic hydroxyl groups excluding tert-OH is 2. The molecule has 2 N–H and O–H groups in total. The highest BCUT2D eigenvalue weighted by molar-refractivity contribution is 5.76. The van der Waals surface area contributed by atoms with Crippen LogP contribution in [0.1, 0.15) is 47.5 Å². The van der Waals surface area contributed by atoms with Crippen LogP contribution in [0.25, 0.3) is 0 Å². The van der Waals surface area contributed by atoms with Crippen molar-refractivity contribution in [3.8, 4) is 0 Å². The highest BCUT2D eigenvalue weighted by atomic mass is 16.6. The molecule has 8 nitrogen and oxygen atoms in total. The lowest BCUT2D eigenvalue weighted by Gasteiger charge is -2.47. The van der Waals surface area contributed by atoms with Crippen molar-refractivity contribution in [2.45, 2.75) is 95.3 Å². The number of aliphatic hydroxyl groups is 2. The number of carbonyl (C=O) groups is 1. The Balaban J connectivity index is 2.18. The Morgan fingerprint density at radius 3 is 2.33 bits per heavy atom. The van der Waals surface area contributed by atoms with Gasteiger partial charge in [0.05, 0.1) is 17.3 Å². The van der Waals surface area contributed by atoms with Crippen LogP contribution in [-0.2, 0) is 28.5 Å². The van der Waals surface area contributed by atoms with Gasteiger partial charge in [-0.2, -0.15) is 0 Å². The molecule has 27 heavy (non-hydrogen) atoms. The summed E-state index contributed by atoms with van der Waals surface area (Å²) in [6.07, 6.45) is -4.16. The van der Waals surface area contributed by atoms with Crippen LogP contribution >= 0.6 is 0 Å². The normalized spacial score (nSPS) is 35.3. The van der Waals surface area contributed by atoms with Crippen molar-refractivity contribution in [2.75, 3.05) is 20.3 Å². The molecule has 6 atom stereocenters. The summed E-state index contributed by atoms with van der Waals surface area (Å²) in [5, 5.41) is 21.3. The highest BCUT2D eigenvalue weighted by Gasteiger charge is 2.54. The summed E-state index contributed by atoms with van der Waals surface area (Å²) in [6, 6.07) is 0. The topological polar surface area (TPSA) is 104 Å². The summed E-state index contributed by atoms with van der Waals surface area (Å²) in [4.78, 5) is 12.7. The van der Waals surface area contributed by atoms with E-state index in [-0.39, 0.29) is 12.7 Å².